The Bertz CT molecular complexity index is 1450. The van der Waals surface area contributed by atoms with E-state index in [9.17, 15) is 18.8 Å². The summed E-state index contributed by atoms with van der Waals surface area (Å²) in [6.07, 6.45) is 1.69. The lowest BCUT2D eigenvalue weighted by Gasteiger charge is -2.14. The summed E-state index contributed by atoms with van der Waals surface area (Å²) in [7, 11) is 0. The Morgan fingerprint density at radius 1 is 1.06 bits per heavy atom. The second kappa shape index (κ2) is 10.7. The second-order valence-electron chi connectivity index (χ2n) is 8.01. The molecule has 11 heteroatoms. The van der Waals surface area contributed by atoms with E-state index in [-0.39, 0.29) is 29.8 Å². The average molecular weight is 490 g/mol. The molecule has 1 atom stereocenters. The molecule has 0 spiro atoms. The summed E-state index contributed by atoms with van der Waals surface area (Å²) in [5.74, 6) is -1.58. The molecule has 0 radical (unpaired) electrons. The maximum absolute atomic E-state index is 13.7. The summed E-state index contributed by atoms with van der Waals surface area (Å²) in [5.41, 5.74) is 2.85. The monoisotopic (exact) mass is 490 g/mol. The highest BCUT2D eigenvalue weighted by molar-refractivity contribution is 5.97. The first-order valence-electron chi connectivity index (χ1n) is 11.2. The Kier molecular flexibility index (Phi) is 7.28. The van der Waals surface area contributed by atoms with Crippen LogP contribution < -0.4 is 16.4 Å². The fourth-order valence-corrected chi connectivity index (χ4v) is 3.53. The third-order valence-corrected chi connectivity index (χ3v) is 5.55. The molecule has 4 rings (SSSR count). The van der Waals surface area contributed by atoms with Crippen LogP contribution in [0.25, 0.3) is 11.4 Å². The van der Waals surface area contributed by atoms with E-state index in [0.717, 1.165) is 17.5 Å². The lowest BCUT2D eigenvalue weighted by Crippen LogP contribution is -2.29. The van der Waals surface area contributed by atoms with Gasteiger partial charge in [-0.1, -0.05) is 48.5 Å². The Labute approximate surface area is 205 Å². The van der Waals surface area contributed by atoms with Crippen LogP contribution in [0.3, 0.4) is 0 Å². The highest BCUT2D eigenvalue weighted by Gasteiger charge is 2.16. The molecule has 2 aromatic carbocycles. The number of hydrogen-bond donors (Lipinski definition) is 3. The van der Waals surface area contributed by atoms with Gasteiger partial charge in [0.25, 0.3) is 11.8 Å². The van der Waals surface area contributed by atoms with Crippen LogP contribution in [-0.4, -0.2) is 31.9 Å². The Balaban J connectivity index is 1.38. The normalized spacial score (nSPS) is 11.6. The standard InChI is InChI=1S/C25H23FN6O4/c1-3-16-10-15(4-9-19(16)26)12-27-23(33)20-11-21(29-13-28-20)24(34)30-14(2)17-5-7-18(8-6-17)22-31-25(35)36-32-22/h4-11,13-14H,3,12H2,1-2H3,(H,27,33)(H,30,34)(H,31,32,35)/t14-/m0/s1. The van der Waals surface area contributed by atoms with Gasteiger partial charge < -0.3 is 10.6 Å². The van der Waals surface area contributed by atoms with Gasteiger partial charge in [-0.15, -0.1) is 0 Å². The van der Waals surface area contributed by atoms with Crippen molar-refractivity contribution in [2.75, 3.05) is 0 Å². The number of aromatic amines is 1. The fraction of sp³-hybridized carbons (Fsp3) is 0.200. The molecule has 2 heterocycles. The van der Waals surface area contributed by atoms with Crippen molar-refractivity contribution in [3.63, 3.8) is 0 Å². The van der Waals surface area contributed by atoms with Crippen molar-refractivity contribution in [1.29, 1.82) is 0 Å². The summed E-state index contributed by atoms with van der Waals surface area (Å²) in [6, 6.07) is 12.7. The van der Waals surface area contributed by atoms with Crippen molar-refractivity contribution in [1.82, 2.24) is 30.7 Å². The summed E-state index contributed by atoms with van der Waals surface area (Å²) >= 11 is 0. The SMILES string of the molecule is CCc1cc(CNC(=O)c2cc(C(=O)N[C@@H](C)c3ccc(-c4noc(=O)[nH]4)cc3)ncn2)ccc1F. The minimum Gasteiger partial charge on any atom is -0.347 e. The van der Waals surface area contributed by atoms with Gasteiger partial charge in [-0.3, -0.25) is 19.1 Å². The van der Waals surface area contributed by atoms with Crippen molar-refractivity contribution in [2.24, 2.45) is 0 Å². The number of aromatic nitrogens is 4. The van der Waals surface area contributed by atoms with Crippen molar-refractivity contribution >= 4 is 11.8 Å². The van der Waals surface area contributed by atoms with Crippen molar-refractivity contribution < 1.29 is 18.5 Å². The summed E-state index contributed by atoms with van der Waals surface area (Å²) in [4.78, 5) is 46.8. The van der Waals surface area contributed by atoms with E-state index in [1.165, 1.54) is 12.1 Å². The first-order valence-corrected chi connectivity index (χ1v) is 11.2. The minimum absolute atomic E-state index is 0.0339. The third kappa shape index (κ3) is 5.69. The van der Waals surface area contributed by atoms with Gasteiger partial charge in [0, 0.05) is 18.2 Å². The van der Waals surface area contributed by atoms with Gasteiger partial charge in [-0.25, -0.2) is 19.2 Å². The van der Waals surface area contributed by atoms with Crippen molar-refractivity contribution in [2.45, 2.75) is 32.9 Å². The number of nitrogens with one attached hydrogen (secondary N) is 3. The number of aryl methyl sites for hydroxylation is 1. The minimum atomic E-state index is -0.645. The van der Waals surface area contributed by atoms with E-state index in [0.29, 0.717) is 23.4 Å². The number of H-pyrrole nitrogens is 1. The Morgan fingerprint density at radius 3 is 2.44 bits per heavy atom. The van der Waals surface area contributed by atoms with Gasteiger partial charge in [-0.05, 0) is 36.1 Å². The van der Waals surface area contributed by atoms with E-state index < -0.39 is 17.6 Å². The molecule has 2 amide bonds. The van der Waals surface area contributed by atoms with Crippen LogP contribution in [0.1, 0.15) is 57.6 Å². The number of rotatable bonds is 8. The number of nitrogens with zero attached hydrogens (tertiary/aromatic N) is 3. The zero-order chi connectivity index (χ0) is 25.7. The zero-order valence-corrected chi connectivity index (χ0v) is 19.5. The fourth-order valence-electron chi connectivity index (χ4n) is 3.53. The molecular formula is C25H23FN6O4. The molecule has 4 aromatic rings. The van der Waals surface area contributed by atoms with Crippen molar-refractivity contribution in [3.05, 3.63) is 99.3 Å². The molecule has 0 fully saturated rings. The van der Waals surface area contributed by atoms with Gasteiger partial charge in [-0.2, -0.15) is 0 Å². The van der Waals surface area contributed by atoms with Crippen LogP contribution >= 0.6 is 0 Å². The number of carbonyl (C=O) groups excluding carboxylic acids is 2. The smallest absolute Gasteiger partial charge is 0.347 e. The predicted molar refractivity (Wildman–Crippen MR) is 127 cm³/mol. The molecule has 0 saturated heterocycles. The summed E-state index contributed by atoms with van der Waals surface area (Å²) < 4.78 is 18.2. The van der Waals surface area contributed by atoms with Crippen LogP contribution in [-0.2, 0) is 13.0 Å². The van der Waals surface area contributed by atoms with Gasteiger partial charge in [0.1, 0.15) is 23.5 Å². The molecule has 0 saturated carbocycles. The maximum atomic E-state index is 13.7. The van der Waals surface area contributed by atoms with Crippen LogP contribution in [0.4, 0.5) is 4.39 Å². The molecule has 36 heavy (non-hydrogen) atoms. The van der Waals surface area contributed by atoms with Crippen LogP contribution in [0.2, 0.25) is 0 Å². The molecule has 0 unspecified atom stereocenters. The lowest BCUT2D eigenvalue weighted by molar-refractivity contribution is 0.0934. The third-order valence-electron chi connectivity index (χ3n) is 5.55. The summed E-state index contributed by atoms with van der Waals surface area (Å²) in [5, 5.41) is 9.19. The van der Waals surface area contributed by atoms with Crippen LogP contribution in [0, 0.1) is 5.82 Å². The molecule has 0 aliphatic heterocycles. The van der Waals surface area contributed by atoms with E-state index in [2.05, 4.69) is 35.3 Å². The molecule has 0 bridgehead atoms. The second-order valence-corrected chi connectivity index (χ2v) is 8.01. The Hall–Kier alpha value is -4.67. The van der Waals surface area contributed by atoms with Crippen LogP contribution in [0.15, 0.2) is 64.2 Å². The quantitative estimate of drug-likeness (QED) is 0.345. The van der Waals surface area contributed by atoms with Crippen molar-refractivity contribution in [3.8, 4) is 11.4 Å². The van der Waals surface area contributed by atoms with Gasteiger partial charge in [0.15, 0.2) is 5.82 Å². The Morgan fingerprint density at radius 2 is 1.78 bits per heavy atom. The molecule has 0 aliphatic carbocycles. The first kappa shape index (κ1) is 24.5. The molecule has 10 nitrogen and oxygen atoms in total. The molecule has 184 valence electrons. The first-order chi connectivity index (χ1) is 17.3. The highest BCUT2D eigenvalue weighted by atomic mass is 19.1. The van der Waals surface area contributed by atoms with Gasteiger partial charge in [0.05, 0.1) is 6.04 Å². The average Bonchev–Trinajstić information content (AvgIpc) is 3.34. The largest absolute Gasteiger partial charge is 0.439 e. The van der Waals surface area contributed by atoms with E-state index in [1.807, 2.05) is 6.92 Å². The zero-order valence-electron chi connectivity index (χ0n) is 19.5. The van der Waals surface area contributed by atoms with Crippen LogP contribution in [0.5, 0.6) is 0 Å². The van der Waals surface area contributed by atoms with E-state index in [4.69, 9.17) is 0 Å². The number of benzene rings is 2. The number of halogens is 1. The topological polar surface area (TPSA) is 143 Å². The number of hydrogen-bond acceptors (Lipinski definition) is 7. The summed E-state index contributed by atoms with van der Waals surface area (Å²) in [6.45, 7) is 3.84. The number of carbonyl (C=O) groups is 2. The van der Waals surface area contributed by atoms with E-state index >= 15 is 0 Å². The molecule has 3 N–H and O–H groups in total. The lowest BCUT2D eigenvalue weighted by atomic mass is 10.1. The van der Waals surface area contributed by atoms with E-state index in [1.54, 1.807) is 43.3 Å². The highest BCUT2D eigenvalue weighted by Crippen LogP contribution is 2.19. The van der Waals surface area contributed by atoms with Gasteiger partial charge in [0.2, 0.25) is 0 Å². The molecule has 0 aliphatic rings. The predicted octanol–water partition coefficient (Wildman–Crippen LogP) is 2.94. The van der Waals surface area contributed by atoms with Gasteiger partial charge >= 0.3 is 5.76 Å². The maximum Gasteiger partial charge on any atom is 0.439 e. The number of amides is 2. The molecule has 2 aromatic heterocycles. The molecular weight excluding hydrogens is 467 g/mol.